The third kappa shape index (κ3) is 4.49. The van der Waals surface area contributed by atoms with E-state index in [0.29, 0.717) is 23.0 Å². The molecule has 0 aromatic heterocycles. The molecule has 1 heterocycles. The van der Waals surface area contributed by atoms with Crippen LogP contribution < -0.4 is 5.73 Å². The van der Waals surface area contributed by atoms with Gasteiger partial charge in [-0.3, -0.25) is 4.79 Å². The molecule has 22 heavy (non-hydrogen) atoms. The molecule has 0 bridgehead atoms. The molecule has 2 rings (SSSR count). The second-order valence-electron chi connectivity index (χ2n) is 5.22. The number of ether oxygens (including phenoxy) is 1. The summed E-state index contributed by atoms with van der Waals surface area (Å²) in [5, 5.41) is 1.05. The van der Waals surface area contributed by atoms with Gasteiger partial charge in [0, 0.05) is 20.2 Å². The van der Waals surface area contributed by atoms with Crippen molar-refractivity contribution in [1.82, 2.24) is 4.90 Å². The fourth-order valence-electron chi connectivity index (χ4n) is 2.71. The monoisotopic (exact) mass is 366 g/mol. The molecule has 0 aliphatic carbocycles. The van der Waals surface area contributed by atoms with Crippen molar-refractivity contribution < 1.29 is 9.53 Å². The molecular weight excluding hydrogens is 347 g/mol. The molecule has 1 saturated heterocycles. The van der Waals surface area contributed by atoms with Crippen LogP contribution >= 0.6 is 35.6 Å². The standard InChI is InChI=1S/C15H20Cl2N2O2.ClH/c1-21-11(9-18)8-15(20)19-6-2-3-14(19)10-4-5-12(16)13(17)7-10;/h4-5,7,11,14H,2-3,6,8-9,18H2,1H3;1H. The van der Waals surface area contributed by atoms with Gasteiger partial charge in [-0.2, -0.15) is 0 Å². The van der Waals surface area contributed by atoms with Crippen molar-refractivity contribution in [3.8, 4) is 0 Å². The molecule has 1 aromatic rings. The Labute approximate surface area is 147 Å². The van der Waals surface area contributed by atoms with E-state index in [1.165, 1.54) is 0 Å². The van der Waals surface area contributed by atoms with Crippen LogP contribution in [0.3, 0.4) is 0 Å². The van der Waals surface area contributed by atoms with E-state index in [1.807, 2.05) is 17.0 Å². The van der Waals surface area contributed by atoms with Crippen LogP contribution in [0.15, 0.2) is 18.2 Å². The summed E-state index contributed by atoms with van der Waals surface area (Å²) in [6, 6.07) is 5.61. The Morgan fingerprint density at radius 3 is 2.77 bits per heavy atom. The lowest BCUT2D eigenvalue weighted by Crippen LogP contribution is -2.35. The Balaban J connectivity index is 0.00000242. The van der Waals surface area contributed by atoms with Crippen LogP contribution in [0.5, 0.6) is 0 Å². The first-order valence-electron chi connectivity index (χ1n) is 7.04. The molecule has 2 atom stereocenters. The summed E-state index contributed by atoms with van der Waals surface area (Å²) in [6.07, 6.45) is 2.00. The SMILES string of the molecule is COC(CN)CC(=O)N1CCCC1c1ccc(Cl)c(Cl)c1.Cl. The van der Waals surface area contributed by atoms with Crippen molar-refractivity contribution in [2.45, 2.75) is 31.4 Å². The molecule has 1 amide bonds. The molecule has 4 nitrogen and oxygen atoms in total. The van der Waals surface area contributed by atoms with E-state index in [4.69, 9.17) is 33.7 Å². The summed E-state index contributed by atoms with van der Waals surface area (Å²) >= 11 is 12.0. The second-order valence-corrected chi connectivity index (χ2v) is 6.03. The number of likely N-dealkylation sites (tertiary alicyclic amines) is 1. The molecule has 2 N–H and O–H groups in total. The van der Waals surface area contributed by atoms with Gasteiger partial charge in [-0.25, -0.2) is 0 Å². The lowest BCUT2D eigenvalue weighted by molar-refractivity contribution is -0.134. The molecule has 124 valence electrons. The number of benzene rings is 1. The molecule has 1 aromatic carbocycles. The van der Waals surface area contributed by atoms with Crippen molar-refractivity contribution in [3.05, 3.63) is 33.8 Å². The van der Waals surface area contributed by atoms with E-state index < -0.39 is 0 Å². The molecule has 0 radical (unpaired) electrons. The number of nitrogens with two attached hydrogens (primary N) is 1. The van der Waals surface area contributed by atoms with Crippen LogP contribution in [0.4, 0.5) is 0 Å². The quantitative estimate of drug-likeness (QED) is 0.867. The Hall–Kier alpha value is -0.520. The predicted octanol–water partition coefficient (Wildman–Crippen LogP) is 3.44. The van der Waals surface area contributed by atoms with Gasteiger partial charge in [0.1, 0.15) is 0 Å². The summed E-state index contributed by atoms with van der Waals surface area (Å²) in [7, 11) is 1.57. The van der Waals surface area contributed by atoms with Gasteiger partial charge >= 0.3 is 0 Å². The van der Waals surface area contributed by atoms with Crippen LogP contribution in [0.25, 0.3) is 0 Å². The molecule has 2 unspecified atom stereocenters. The molecule has 1 aliphatic rings. The van der Waals surface area contributed by atoms with Crippen molar-refractivity contribution in [1.29, 1.82) is 0 Å². The van der Waals surface area contributed by atoms with Crippen LogP contribution in [-0.2, 0) is 9.53 Å². The first-order chi connectivity index (χ1) is 10.1. The number of amides is 1. The molecular formula is C15H21Cl3N2O2. The van der Waals surface area contributed by atoms with Crippen LogP contribution in [0.2, 0.25) is 10.0 Å². The Morgan fingerprint density at radius 2 is 2.18 bits per heavy atom. The minimum Gasteiger partial charge on any atom is -0.380 e. The average Bonchev–Trinajstić information content (AvgIpc) is 2.97. The lowest BCUT2D eigenvalue weighted by atomic mass is 10.0. The van der Waals surface area contributed by atoms with Crippen LogP contribution in [-0.4, -0.2) is 37.1 Å². The topological polar surface area (TPSA) is 55.6 Å². The first-order valence-corrected chi connectivity index (χ1v) is 7.79. The highest BCUT2D eigenvalue weighted by molar-refractivity contribution is 6.42. The summed E-state index contributed by atoms with van der Waals surface area (Å²) in [6.45, 7) is 1.10. The van der Waals surface area contributed by atoms with E-state index >= 15 is 0 Å². The third-order valence-electron chi connectivity index (χ3n) is 3.90. The van der Waals surface area contributed by atoms with Crippen LogP contribution in [0.1, 0.15) is 30.9 Å². The number of carbonyl (C=O) groups is 1. The molecule has 0 saturated carbocycles. The van der Waals surface area contributed by atoms with E-state index in [-0.39, 0.29) is 30.5 Å². The molecule has 1 aliphatic heterocycles. The minimum atomic E-state index is -0.229. The zero-order valence-corrected chi connectivity index (χ0v) is 14.8. The number of carbonyl (C=O) groups excluding carboxylic acids is 1. The zero-order valence-electron chi connectivity index (χ0n) is 12.4. The van der Waals surface area contributed by atoms with Crippen molar-refractivity contribution >= 4 is 41.5 Å². The van der Waals surface area contributed by atoms with Gasteiger partial charge in [0.25, 0.3) is 0 Å². The number of rotatable bonds is 5. The van der Waals surface area contributed by atoms with Crippen LogP contribution in [0, 0.1) is 0 Å². The van der Waals surface area contributed by atoms with E-state index in [1.54, 1.807) is 13.2 Å². The number of methoxy groups -OCH3 is 1. The third-order valence-corrected chi connectivity index (χ3v) is 4.64. The maximum absolute atomic E-state index is 12.4. The largest absolute Gasteiger partial charge is 0.380 e. The normalized spacial score (nSPS) is 18.9. The van der Waals surface area contributed by atoms with Gasteiger partial charge < -0.3 is 15.4 Å². The van der Waals surface area contributed by atoms with Crippen molar-refractivity contribution in [2.24, 2.45) is 5.73 Å². The Kier molecular flexibility index (Phi) is 7.94. The Bertz CT molecular complexity index is 510. The summed E-state index contributed by atoms with van der Waals surface area (Å²) < 4.78 is 5.19. The minimum absolute atomic E-state index is 0. The molecule has 1 fully saturated rings. The van der Waals surface area contributed by atoms with E-state index in [0.717, 1.165) is 24.9 Å². The van der Waals surface area contributed by atoms with Gasteiger partial charge in [0.15, 0.2) is 0 Å². The maximum Gasteiger partial charge on any atom is 0.225 e. The first kappa shape index (κ1) is 19.5. The summed E-state index contributed by atoms with van der Waals surface area (Å²) in [5.74, 6) is 0.0703. The van der Waals surface area contributed by atoms with Crippen molar-refractivity contribution in [3.63, 3.8) is 0 Å². The highest BCUT2D eigenvalue weighted by Gasteiger charge is 2.31. The number of hydrogen-bond acceptors (Lipinski definition) is 3. The van der Waals surface area contributed by atoms with Crippen molar-refractivity contribution in [2.75, 3.05) is 20.2 Å². The number of hydrogen-bond donors (Lipinski definition) is 1. The number of halogens is 3. The summed E-state index contributed by atoms with van der Waals surface area (Å²) in [5.41, 5.74) is 6.61. The van der Waals surface area contributed by atoms with E-state index in [2.05, 4.69) is 0 Å². The predicted molar refractivity (Wildman–Crippen MR) is 91.9 cm³/mol. The van der Waals surface area contributed by atoms with Gasteiger partial charge in [-0.15, -0.1) is 12.4 Å². The smallest absolute Gasteiger partial charge is 0.225 e. The zero-order chi connectivity index (χ0) is 15.4. The fourth-order valence-corrected chi connectivity index (χ4v) is 3.01. The fraction of sp³-hybridized carbons (Fsp3) is 0.533. The molecule has 0 spiro atoms. The average molecular weight is 368 g/mol. The highest BCUT2D eigenvalue weighted by atomic mass is 35.5. The Morgan fingerprint density at radius 1 is 1.45 bits per heavy atom. The van der Waals surface area contributed by atoms with Gasteiger partial charge in [-0.1, -0.05) is 29.3 Å². The molecule has 7 heteroatoms. The van der Waals surface area contributed by atoms with Gasteiger partial charge in [0.2, 0.25) is 5.91 Å². The van der Waals surface area contributed by atoms with Gasteiger partial charge in [0.05, 0.1) is 28.6 Å². The lowest BCUT2D eigenvalue weighted by Gasteiger charge is -2.27. The maximum atomic E-state index is 12.4. The second kappa shape index (κ2) is 8.94. The number of nitrogens with zero attached hydrogens (tertiary/aromatic N) is 1. The van der Waals surface area contributed by atoms with E-state index in [9.17, 15) is 4.79 Å². The summed E-state index contributed by atoms with van der Waals surface area (Å²) in [4.78, 5) is 14.3. The highest BCUT2D eigenvalue weighted by Crippen LogP contribution is 2.35. The van der Waals surface area contributed by atoms with Gasteiger partial charge in [-0.05, 0) is 30.5 Å².